The lowest BCUT2D eigenvalue weighted by Gasteiger charge is -2.38. The molecule has 94 valence electrons. The van der Waals surface area contributed by atoms with E-state index in [2.05, 4.69) is 27.9 Å². The molecule has 0 saturated carbocycles. The van der Waals surface area contributed by atoms with Gasteiger partial charge in [-0.3, -0.25) is 0 Å². The topological polar surface area (TPSA) is 55.0 Å². The maximum absolute atomic E-state index is 5.87. The number of anilines is 1. The molecule has 0 spiro atoms. The van der Waals surface area contributed by atoms with Crippen LogP contribution in [-0.4, -0.2) is 35.4 Å². The Morgan fingerprint density at radius 1 is 1.53 bits per heavy atom. The van der Waals surface area contributed by atoms with Gasteiger partial charge in [0.15, 0.2) is 0 Å². The van der Waals surface area contributed by atoms with Gasteiger partial charge in [0.05, 0.1) is 0 Å². The molecule has 0 aromatic carbocycles. The van der Waals surface area contributed by atoms with E-state index in [0.717, 1.165) is 29.7 Å². The molecule has 1 aliphatic heterocycles. The normalized spacial score (nSPS) is 25.0. The molecule has 1 aliphatic rings. The molecule has 1 aromatic rings. The quantitative estimate of drug-likeness (QED) is 0.656. The first-order valence-corrected chi connectivity index (χ1v) is 7.29. The zero-order valence-electron chi connectivity index (χ0n) is 10.5. The zero-order chi connectivity index (χ0) is 12.3. The van der Waals surface area contributed by atoms with Gasteiger partial charge in [-0.25, -0.2) is 9.97 Å². The minimum Gasteiger partial charge on any atom is -0.352 e. The predicted octanol–water partition coefficient (Wildman–Crippen LogP) is 1.76. The molecule has 2 unspecified atom stereocenters. The van der Waals surface area contributed by atoms with E-state index < -0.39 is 0 Å². The van der Waals surface area contributed by atoms with Crippen LogP contribution in [0.1, 0.15) is 19.8 Å². The van der Waals surface area contributed by atoms with Gasteiger partial charge < -0.3 is 10.6 Å². The SMILES string of the molecule is CSc1cc(N2CCC(C)CC2CN)ncn1. The van der Waals surface area contributed by atoms with Crippen LogP contribution in [0.5, 0.6) is 0 Å². The molecule has 1 fully saturated rings. The fourth-order valence-corrected chi connectivity index (χ4v) is 2.75. The van der Waals surface area contributed by atoms with Crippen LogP contribution in [0.2, 0.25) is 0 Å². The molecule has 1 aromatic heterocycles. The summed E-state index contributed by atoms with van der Waals surface area (Å²) in [6, 6.07) is 2.48. The van der Waals surface area contributed by atoms with Gasteiger partial charge in [0, 0.05) is 25.2 Å². The Labute approximate surface area is 107 Å². The van der Waals surface area contributed by atoms with Crippen molar-refractivity contribution in [2.45, 2.75) is 30.8 Å². The van der Waals surface area contributed by atoms with Crippen LogP contribution in [0.4, 0.5) is 5.82 Å². The average Bonchev–Trinajstić information content (AvgIpc) is 2.38. The van der Waals surface area contributed by atoms with Crippen molar-refractivity contribution < 1.29 is 0 Å². The van der Waals surface area contributed by atoms with E-state index in [9.17, 15) is 0 Å². The number of nitrogens with two attached hydrogens (primary N) is 1. The van der Waals surface area contributed by atoms with Crippen molar-refractivity contribution in [3.05, 3.63) is 12.4 Å². The molecule has 2 heterocycles. The van der Waals surface area contributed by atoms with Crippen LogP contribution in [0, 0.1) is 5.92 Å². The maximum atomic E-state index is 5.87. The molecular weight excluding hydrogens is 232 g/mol. The largest absolute Gasteiger partial charge is 0.352 e. The highest BCUT2D eigenvalue weighted by atomic mass is 32.2. The third kappa shape index (κ3) is 2.90. The van der Waals surface area contributed by atoms with E-state index in [1.54, 1.807) is 18.1 Å². The summed E-state index contributed by atoms with van der Waals surface area (Å²) in [5.41, 5.74) is 5.87. The van der Waals surface area contributed by atoms with E-state index in [0.29, 0.717) is 12.6 Å². The molecule has 2 atom stereocenters. The molecule has 1 saturated heterocycles. The monoisotopic (exact) mass is 252 g/mol. The van der Waals surface area contributed by atoms with Gasteiger partial charge in [-0.2, -0.15) is 0 Å². The lowest BCUT2D eigenvalue weighted by atomic mass is 9.92. The van der Waals surface area contributed by atoms with Crippen molar-refractivity contribution in [1.29, 1.82) is 0 Å². The van der Waals surface area contributed by atoms with Crippen molar-refractivity contribution >= 4 is 17.6 Å². The van der Waals surface area contributed by atoms with Crippen LogP contribution in [0.25, 0.3) is 0 Å². The average molecular weight is 252 g/mol. The maximum Gasteiger partial charge on any atom is 0.133 e. The minimum absolute atomic E-state index is 0.420. The first-order valence-electron chi connectivity index (χ1n) is 6.07. The van der Waals surface area contributed by atoms with E-state index >= 15 is 0 Å². The first kappa shape index (κ1) is 12.6. The van der Waals surface area contributed by atoms with Crippen molar-refractivity contribution in [2.24, 2.45) is 11.7 Å². The summed E-state index contributed by atoms with van der Waals surface area (Å²) < 4.78 is 0. The zero-order valence-corrected chi connectivity index (χ0v) is 11.3. The van der Waals surface area contributed by atoms with Crippen molar-refractivity contribution in [2.75, 3.05) is 24.2 Å². The van der Waals surface area contributed by atoms with Gasteiger partial charge in [0.2, 0.25) is 0 Å². The molecule has 0 radical (unpaired) electrons. The molecule has 0 aliphatic carbocycles. The Bertz CT molecular complexity index is 371. The van der Waals surface area contributed by atoms with Crippen LogP contribution in [0.3, 0.4) is 0 Å². The third-order valence-corrected chi connectivity index (χ3v) is 4.02. The van der Waals surface area contributed by atoms with Gasteiger partial charge >= 0.3 is 0 Å². The van der Waals surface area contributed by atoms with E-state index in [4.69, 9.17) is 5.73 Å². The predicted molar refractivity (Wildman–Crippen MR) is 72.4 cm³/mol. The summed E-state index contributed by atoms with van der Waals surface area (Å²) in [6.45, 7) is 4.05. The van der Waals surface area contributed by atoms with E-state index in [1.807, 2.05) is 6.26 Å². The lowest BCUT2D eigenvalue weighted by Crippen LogP contribution is -2.46. The fraction of sp³-hybridized carbons (Fsp3) is 0.667. The third-order valence-electron chi connectivity index (χ3n) is 3.38. The summed E-state index contributed by atoms with van der Waals surface area (Å²) in [7, 11) is 0. The standard InChI is InChI=1S/C12H20N4S/c1-9-3-4-16(10(5-9)7-13)11-6-12(17-2)15-8-14-11/h6,8-10H,3-5,7,13H2,1-2H3. The van der Waals surface area contributed by atoms with Crippen LogP contribution in [-0.2, 0) is 0 Å². The second-order valence-corrected chi connectivity index (χ2v) is 5.46. The highest BCUT2D eigenvalue weighted by molar-refractivity contribution is 7.98. The summed E-state index contributed by atoms with van der Waals surface area (Å²) in [4.78, 5) is 10.9. The smallest absolute Gasteiger partial charge is 0.133 e. The molecule has 0 bridgehead atoms. The fourth-order valence-electron chi connectivity index (χ4n) is 2.38. The number of aromatic nitrogens is 2. The Hall–Kier alpha value is -0.810. The highest BCUT2D eigenvalue weighted by Crippen LogP contribution is 2.27. The van der Waals surface area contributed by atoms with E-state index in [1.165, 1.54) is 6.42 Å². The second kappa shape index (κ2) is 5.69. The van der Waals surface area contributed by atoms with Gasteiger partial charge in [-0.15, -0.1) is 11.8 Å². The number of hydrogen-bond donors (Lipinski definition) is 1. The van der Waals surface area contributed by atoms with Crippen LogP contribution < -0.4 is 10.6 Å². The Kier molecular flexibility index (Phi) is 4.23. The summed E-state index contributed by atoms with van der Waals surface area (Å²) >= 11 is 1.65. The number of nitrogens with zero attached hydrogens (tertiary/aromatic N) is 3. The summed E-state index contributed by atoms with van der Waals surface area (Å²) in [6.07, 6.45) is 6.06. The Morgan fingerprint density at radius 2 is 2.35 bits per heavy atom. The molecule has 17 heavy (non-hydrogen) atoms. The molecular formula is C12H20N4S. The number of piperidine rings is 1. The number of hydrogen-bond acceptors (Lipinski definition) is 5. The van der Waals surface area contributed by atoms with Crippen LogP contribution in [0.15, 0.2) is 17.4 Å². The van der Waals surface area contributed by atoms with Gasteiger partial charge in [-0.05, 0) is 25.0 Å². The summed E-state index contributed by atoms with van der Waals surface area (Å²) in [5, 5.41) is 1.02. The Morgan fingerprint density at radius 3 is 3.06 bits per heavy atom. The molecule has 2 rings (SSSR count). The number of thioether (sulfide) groups is 1. The lowest BCUT2D eigenvalue weighted by molar-refractivity contribution is 0.364. The van der Waals surface area contributed by atoms with E-state index in [-0.39, 0.29) is 0 Å². The molecule has 2 N–H and O–H groups in total. The van der Waals surface area contributed by atoms with Crippen molar-refractivity contribution in [3.63, 3.8) is 0 Å². The molecule has 5 heteroatoms. The molecule has 4 nitrogen and oxygen atoms in total. The van der Waals surface area contributed by atoms with Crippen molar-refractivity contribution in [3.8, 4) is 0 Å². The van der Waals surface area contributed by atoms with Gasteiger partial charge in [0.25, 0.3) is 0 Å². The minimum atomic E-state index is 0.420. The van der Waals surface area contributed by atoms with Gasteiger partial charge in [-0.1, -0.05) is 6.92 Å². The van der Waals surface area contributed by atoms with Crippen LogP contribution >= 0.6 is 11.8 Å². The number of rotatable bonds is 3. The van der Waals surface area contributed by atoms with Crippen molar-refractivity contribution in [1.82, 2.24) is 9.97 Å². The summed E-state index contributed by atoms with van der Waals surface area (Å²) in [5.74, 6) is 1.79. The second-order valence-electron chi connectivity index (χ2n) is 4.63. The highest BCUT2D eigenvalue weighted by Gasteiger charge is 2.26. The molecule has 0 amide bonds. The Balaban J connectivity index is 2.19. The van der Waals surface area contributed by atoms with Gasteiger partial charge in [0.1, 0.15) is 17.2 Å². The first-order chi connectivity index (χ1) is 8.24.